The van der Waals surface area contributed by atoms with Gasteiger partial charge in [0.25, 0.3) is 0 Å². The maximum absolute atomic E-state index is 12.5. The predicted octanol–water partition coefficient (Wildman–Crippen LogP) is 2.95. The van der Waals surface area contributed by atoms with E-state index in [1.54, 1.807) is 0 Å². The molecule has 0 saturated heterocycles. The molecule has 0 spiro atoms. The van der Waals surface area contributed by atoms with Gasteiger partial charge in [-0.25, -0.2) is 8.93 Å². The molecule has 0 radical (unpaired) electrons. The lowest BCUT2D eigenvalue weighted by molar-refractivity contribution is -0.137. The molecule has 0 aliphatic heterocycles. The minimum atomic E-state index is -2.45. The first-order valence-corrected chi connectivity index (χ1v) is 11.2. The van der Waals surface area contributed by atoms with E-state index in [9.17, 15) is 14.1 Å². The highest BCUT2D eigenvalue weighted by Gasteiger charge is 2.23. The Morgan fingerprint density at radius 1 is 1.26 bits per heavy atom. The van der Waals surface area contributed by atoms with Gasteiger partial charge in [-0.3, -0.25) is 4.79 Å². The first-order valence-electron chi connectivity index (χ1n) is 9.45. The first kappa shape index (κ1) is 19.7. The summed E-state index contributed by atoms with van der Waals surface area (Å²) >= 11 is 0. The van der Waals surface area contributed by atoms with Crippen LogP contribution in [0.2, 0.25) is 0 Å². The molecule has 0 amide bonds. The maximum Gasteiger partial charge on any atom is 0.323 e. The molecule has 3 rings (SSSR count). The minimum absolute atomic E-state index is 0.0271. The van der Waals surface area contributed by atoms with Crippen molar-refractivity contribution in [1.29, 1.82) is 0 Å². The van der Waals surface area contributed by atoms with Crippen LogP contribution in [0, 0.1) is 6.92 Å². The molecule has 1 aliphatic rings. The standard InChI is InChI=1S/C21H28N2O3S/c1-4-22-27(3,26)17-11-9-16(10-12-17)13-19-15(2)23(14-21(24)25)20-8-6-5-7-18(19)20/h9-12H,3-8,13-14H2,1-2H3,(H,22,26)(H,24,25). The van der Waals surface area contributed by atoms with E-state index in [4.69, 9.17) is 0 Å². The molecule has 2 N–H and O–H groups in total. The van der Waals surface area contributed by atoms with Crippen molar-refractivity contribution in [3.8, 4) is 0 Å². The average molecular weight is 389 g/mol. The fourth-order valence-corrected chi connectivity index (χ4v) is 5.24. The zero-order chi connectivity index (χ0) is 19.6. The van der Waals surface area contributed by atoms with Crippen LogP contribution in [-0.2, 0) is 40.3 Å². The van der Waals surface area contributed by atoms with Crippen LogP contribution in [0.3, 0.4) is 0 Å². The van der Waals surface area contributed by atoms with Crippen molar-refractivity contribution < 1.29 is 14.1 Å². The molecule has 1 atom stereocenters. The smallest absolute Gasteiger partial charge is 0.323 e. The Morgan fingerprint density at radius 2 is 1.93 bits per heavy atom. The van der Waals surface area contributed by atoms with Crippen molar-refractivity contribution in [2.45, 2.75) is 57.4 Å². The van der Waals surface area contributed by atoms with Gasteiger partial charge in [0.15, 0.2) is 0 Å². The molecule has 6 heteroatoms. The van der Waals surface area contributed by atoms with Gasteiger partial charge in [-0.15, -0.1) is 0 Å². The van der Waals surface area contributed by atoms with Crippen molar-refractivity contribution in [1.82, 2.24) is 9.29 Å². The van der Waals surface area contributed by atoms with Crippen LogP contribution in [0.5, 0.6) is 0 Å². The minimum Gasteiger partial charge on any atom is -0.480 e. The van der Waals surface area contributed by atoms with Gasteiger partial charge in [0, 0.05) is 22.8 Å². The summed E-state index contributed by atoms with van der Waals surface area (Å²) in [6.07, 6.45) is 5.01. The highest BCUT2D eigenvalue weighted by molar-refractivity contribution is 7.98. The Morgan fingerprint density at radius 3 is 2.56 bits per heavy atom. The van der Waals surface area contributed by atoms with Crippen molar-refractivity contribution >= 4 is 21.5 Å². The summed E-state index contributed by atoms with van der Waals surface area (Å²) in [6, 6.07) is 7.76. The molecule has 1 aliphatic carbocycles. The SMILES string of the molecule is C=S(=O)(NCC)c1ccc(Cc2c3c(n(CC(=O)O)c2C)CCCC3)cc1. The quantitative estimate of drug-likeness (QED) is 0.717. The van der Waals surface area contributed by atoms with E-state index in [1.165, 1.54) is 16.8 Å². The summed E-state index contributed by atoms with van der Waals surface area (Å²) in [5.74, 6) is 3.00. The molecule has 1 aromatic carbocycles. The molecule has 0 fully saturated rings. The average Bonchev–Trinajstić information content (AvgIpc) is 2.88. The number of benzene rings is 1. The van der Waals surface area contributed by atoms with E-state index in [0.717, 1.165) is 43.4 Å². The number of aromatic nitrogens is 1. The van der Waals surface area contributed by atoms with Gasteiger partial charge in [0.05, 0.1) is 9.71 Å². The van der Waals surface area contributed by atoms with Crippen LogP contribution in [0.1, 0.15) is 47.8 Å². The summed E-state index contributed by atoms with van der Waals surface area (Å²) < 4.78 is 17.4. The summed E-state index contributed by atoms with van der Waals surface area (Å²) in [4.78, 5) is 12.0. The van der Waals surface area contributed by atoms with Crippen LogP contribution in [-0.4, -0.2) is 32.3 Å². The largest absolute Gasteiger partial charge is 0.480 e. The number of hydrogen-bond donors (Lipinski definition) is 2. The number of carboxylic acids is 1. The number of carboxylic acid groups (broad SMARTS) is 1. The molecule has 1 unspecified atom stereocenters. The Bertz CT molecular complexity index is 941. The van der Waals surface area contributed by atoms with Crippen LogP contribution < -0.4 is 4.72 Å². The van der Waals surface area contributed by atoms with Gasteiger partial charge in [-0.1, -0.05) is 19.1 Å². The molecule has 27 heavy (non-hydrogen) atoms. The second-order valence-corrected chi connectivity index (χ2v) is 9.28. The van der Waals surface area contributed by atoms with Gasteiger partial charge >= 0.3 is 5.97 Å². The van der Waals surface area contributed by atoms with E-state index in [2.05, 4.69) is 10.6 Å². The number of hydrogen-bond acceptors (Lipinski definition) is 2. The third-order valence-corrected chi connectivity index (χ3v) is 7.11. The lowest BCUT2D eigenvalue weighted by Crippen LogP contribution is -2.22. The molecule has 0 saturated carbocycles. The van der Waals surface area contributed by atoms with E-state index < -0.39 is 15.7 Å². The normalized spacial score (nSPS) is 15.9. The summed E-state index contributed by atoms with van der Waals surface area (Å²) in [7, 11) is -2.45. The highest BCUT2D eigenvalue weighted by atomic mass is 32.2. The maximum atomic E-state index is 12.5. The van der Waals surface area contributed by atoms with E-state index in [0.29, 0.717) is 11.4 Å². The molecule has 2 aromatic rings. The third-order valence-electron chi connectivity index (χ3n) is 5.33. The number of nitrogens with zero attached hydrogens (tertiary/aromatic N) is 1. The van der Waals surface area contributed by atoms with Gasteiger partial charge < -0.3 is 9.67 Å². The van der Waals surface area contributed by atoms with Crippen LogP contribution in [0.25, 0.3) is 0 Å². The molecular formula is C21H28N2O3S. The van der Waals surface area contributed by atoms with Gasteiger partial charge in [-0.05, 0) is 73.7 Å². The molecule has 0 bridgehead atoms. The lowest BCUT2D eigenvalue weighted by Gasteiger charge is -2.15. The number of carbonyl (C=O) groups is 1. The molecular weight excluding hydrogens is 360 g/mol. The lowest BCUT2D eigenvalue weighted by atomic mass is 9.92. The van der Waals surface area contributed by atoms with Crippen LogP contribution in [0.15, 0.2) is 29.2 Å². The zero-order valence-corrected chi connectivity index (χ0v) is 16.9. The molecule has 1 aromatic heterocycles. The summed E-state index contributed by atoms with van der Waals surface area (Å²) in [5, 5.41) is 9.28. The predicted molar refractivity (Wildman–Crippen MR) is 110 cm³/mol. The third kappa shape index (κ3) is 4.12. The van der Waals surface area contributed by atoms with Crippen molar-refractivity contribution in [3.05, 3.63) is 52.3 Å². The second-order valence-electron chi connectivity index (χ2n) is 7.17. The molecule has 1 heterocycles. The fraction of sp³-hybridized carbons (Fsp3) is 0.429. The zero-order valence-electron chi connectivity index (χ0n) is 16.1. The summed E-state index contributed by atoms with van der Waals surface area (Å²) in [6.45, 7) is 4.57. The summed E-state index contributed by atoms with van der Waals surface area (Å²) in [5.41, 5.74) is 5.97. The van der Waals surface area contributed by atoms with Gasteiger partial charge in [-0.2, -0.15) is 0 Å². The Labute approximate surface area is 161 Å². The van der Waals surface area contributed by atoms with Crippen LogP contribution in [0.4, 0.5) is 0 Å². The van der Waals surface area contributed by atoms with E-state index >= 15 is 0 Å². The Hall–Kier alpha value is -2.05. The Balaban J connectivity index is 1.92. The van der Waals surface area contributed by atoms with Gasteiger partial charge in [0.2, 0.25) is 0 Å². The van der Waals surface area contributed by atoms with Crippen molar-refractivity contribution in [2.24, 2.45) is 0 Å². The molecule has 146 valence electrons. The van der Waals surface area contributed by atoms with Gasteiger partial charge in [0.1, 0.15) is 6.54 Å². The second kappa shape index (κ2) is 7.90. The fourth-order valence-electron chi connectivity index (χ4n) is 4.03. The number of aliphatic carboxylic acids is 1. The topological polar surface area (TPSA) is 71.3 Å². The highest BCUT2D eigenvalue weighted by Crippen LogP contribution is 2.31. The van der Waals surface area contributed by atoms with Crippen molar-refractivity contribution in [2.75, 3.05) is 6.54 Å². The number of rotatable bonds is 7. The Kier molecular flexibility index (Phi) is 5.77. The first-order chi connectivity index (χ1) is 12.8. The van der Waals surface area contributed by atoms with E-state index in [1.807, 2.05) is 42.7 Å². The number of nitrogens with one attached hydrogen (secondary N) is 1. The van der Waals surface area contributed by atoms with Crippen molar-refractivity contribution in [3.63, 3.8) is 0 Å². The van der Waals surface area contributed by atoms with Crippen LogP contribution >= 0.6 is 0 Å². The number of fused-ring (bicyclic) bond motifs is 1. The monoisotopic (exact) mass is 388 g/mol. The molecule has 5 nitrogen and oxygen atoms in total. The van der Waals surface area contributed by atoms with E-state index in [-0.39, 0.29) is 6.54 Å².